The lowest BCUT2D eigenvalue weighted by molar-refractivity contribution is 0.360. The summed E-state index contributed by atoms with van der Waals surface area (Å²) in [5, 5.41) is 0. The summed E-state index contributed by atoms with van der Waals surface area (Å²) in [6.45, 7) is 5.22. The third kappa shape index (κ3) is 2.37. The lowest BCUT2D eigenvalue weighted by Crippen LogP contribution is -2.07. The minimum absolute atomic E-state index is 0.388. The molecule has 1 fully saturated rings. The molecule has 0 heterocycles. The summed E-state index contributed by atoms with van der Waals surface area (Å²) < 4.78 is 5.78. The molecule has 2 rings (SSSR count). The van der Waals surface area contributed by atoms with Crippen LogP contribution in [0.25, 0.3) is 0 Å². The first-order chi connectivity index (χ1) is 6.75. The van der Waals surface area contributed by atoms with Crippen LogP contribution in [0.1, 0.15) is 33.1 Å². The number of allylic oxidation sites excluding steroid dienone is 2. The molecule has 1 saturated carbocycles. The third-order valence-corrected chi connectivity index (χ3v) is 4.75. The number of hydrogen-bond donors (Lipinski definition) is 0. The molecule has 0 aliphatic heterocycles. The molecule has 14 heavy (non-hydrogen) atoms. The van der Waals surface area contributed by atoms with Gasteiger partial charge in [-0.05, 0) is 50.5 Å². The zero-order chi connectivity index (χ0) is 9.97. The number of fused-ring (bicyclic) bond motifs is 2. The Morgan fingerprint density at radius 2 is 2.43 bits per heavy atom. The molecule has 2 heteroatoms. The summed E-state index contributed by atoms with van der Waals surface area (Å²) in [5.74, 6) is 1.80. The highest BCUT2D eigenvalue weighted by Crippen LogP contribution is 2.43. The topological polar surface area (TPSA) is 9.23 Å². The van der Waals surface area contributed by atoms with Gasteiger partial charge in [0.25, 0.3) is 0 Å². The normalized spacial score (nSPS) is 30.0. The maximum Gasteiger partial charge on any atom is 0.185 e. The van der Waals surface area contributed by atoms with Gasteiger partial charge in [-0.1, -0.05) is 17.3 Å². The molecule has 0 amide bonds. The molecule has 2 bridgehead atoms. The maximum atomic E-state index is 5.78. The van der Waals surface area contributed by atoms with Crippen molar-refractivity contribution in [1.82, 2.24) is 0 Å². The van der Waals surface area contributed by atoms with Crippen LogP contribution in [0.5, 0.6) is 0 Å². The summed E-state index contributed by atoms with van der Waals surface area (Å²) in [6.07, 6.45) is 6.75. The molecule has 0 N–H and O–H groups in total. The molecule has 0 aromatic heterocycles. The molecule has 0 aromatic carbocycles. The Morgan fingerprint density at radius 3 is 3.00 bits per heavy atom. The van der Waals surface area contributed by atoms with Crippen molar-refractivity contribution < 1.29 is 4.43 Å². The second-order valence-electron chi connectivity index (χ2n) is 4.81. The van der Waals surface area contributed by atoms with Crippen LogP contribution in [-0.4, -0.2) is 16.4 Å². The van der Waals surface area contributed by atoms with Crippen LogP contribution in [0.4, 0.5) is 0 Å². The van der Waals surface area contributed by atoms with Gasteiger partial charge in [0.05, 0.1) is 6.61 Å². The van der Waals surface area contributed by atoms with Crippen LogP contribution in [-0.2, 0) is 4.43 Å². The van der Waals surface area contributed by atoms with E-state index < -0.39 is 0 Å². The van der Waals surface area contributed by atoms with E-state index in [1.807, 2.05) is 0 Å². The minimum atomic E-state index is -0.388. The number of rotatable bonds is 4. The van der Waals surface area contributed by atoms with Gasteiger partial charge in [-0.25, -0.2) is 0 Å². The van der Waals surface area contributed by atoms with Crippen molar-refractivity contribution in [2.45, 2.75) is 33.1 Å². The molecule has 1 nitrogen and oxygen atoms in total. The molecule has 2 atom stereocenters. The van der Waals surface area contributed by atoms with Gasteiger partial charge in [0, 0.05) is 0 Å². The minimum Gasteiger partial charge on any atom is -0.415 e. The zero-order valence-electron chi connectivity index (χ0n) is 9.25. The highest BCUT2D eigenvalue weighted by molar-refractivity contribution is 6.34. The van der Waals surface area contributed by atoms with E-state index in [9.17, 15) is 0 Å². The summed E-state index contributed by atoms with van der Waals surface area (Å²) in [7, 11) is -0.388. The lowest BCUT2D eigenvalue weighted by atomic mass is 10.00. The van der Waals surface area contributed by atoms with Crippen LogP contribution in [0, 0.1) is 11.8 Å². The Bertz CT molecular complexity index is 263. The second-order valence-corrected chi connectivity index (χ2v) is 5.96. The quantitative estimate of drug-likeness (QED) is 0.391. The van der Waals surface area contributed by atoms with Crippen LogP contribution in [0.15, 0.2) is 22.9 Å². The molecule has 2 aliphatic carbocycles. The van der Waals surface area contributed by atoms with E-state index in [1.54, 1.807) is 5.57 Å². The summed E-state index contributed by atoms with van der Waals surface area (Å²) in [4.78, 5) is 0. The van der Waals surface area contributed by atoms with Crippen molar-refractivity contribution in [3.63, 3.8) is 0 Å². The fourth-order valence-corrected chi connectivity index (χ4v) is 3.32. The van der Waals surface area contributed by atoms with E-state index in [1.165, 1.54) is 24.8 Å². The van der Waals surface area contributed by atoms with Gasteiger partial charge < -0.3 is 4.43 Å². The van der Waals surface area contributed by atoms with Crippen molar-refractivity contribution in [3.05, 3.63) is 22.9 Å². The van der Waals surface area contributed by atoms with Crippen molar-refractivity contribution in [3.8, 4) is 0 Å². The van der Waals surface area contributed by atoms with E-state index in [4.69, 9.17) is 4.43 Å². The average molecular weight is 208 g/mol. The first-order valence-corrected chi connectivity index (χ1v) is 7.07. The SMILES string of the molecule is CC(C)=C[SiH2]OCC1=CC2CCC1C2. The molecular weight excluding hydrogens is 188 g/mol. The fraction of sp³-hybridized carbons (Fsp3) is 0.667. The van der Waals surface area contributed by atoms with Gasteiger partial charge >= 0.3 is 0 Å². The van der Waals surface area contributed by atoms with Gasteiger partial charge in [0.1, 0.15) is 0 Å². The molecule has 0 radical (unpaired) electrons. The summed E-state index contributed by atoms with van der Waals surface area (Å²) in [6, 6.07) is 0. The Kier molecular flexibility index (Phi) is 3.24. The van der Waals surface area contributed by atoms with Gasteiger partial charge in [-0.3, -0.25) is 0 Å². The largest absolute Gasteiger partial charge is 0.415 e. The Morgan fingerprint density at radius 1 is 1.57 bits per heavy atom. The third-order valence-electron chi connectivity index (χ3n) is 3.33. The van der Waals surface area contributed by atoms with E-state index >= 15 is 0 Å². The molecule has 2 aliphatic rings. The van der Waals surface area contributed by atoms with Gasteiger partial charge in [-0.15, -0.1) is 0 Å². The van der Waals surface area contributed by atoms with E-state index in [0.717, 1.165) is 18.4 Å². The van der Waals surface area contributed by atoms with Crippen molar-refractivity contribution in [2.75, 3.05) is 6.61 Å². The predicted molar refractivity (Wildman–Crippen MR) is 62.8 cm³/mol. The van der Waals surface area contributed by atoms with Crippen LogP contribution in [0.2, 0.25) is 0 Å². The summed E-state index contributed by atoms with van der Waals surface area (Å²) in [5.41, 5.74) is 5.29. The van der Waals surface area contributed by atoms with Crippen molar-refractivity contribution in [1.29, 1.82) is 0 Å². The van der Waals surface area contributed by atoms with E-state index in [2.05, 4.69) is 25.6 Å². The Labute approximate surface area is 89.2 Å². The smallest absolute Gasteiger partial charge is 0.185 e. The van der Waals surface area contributed by atoms with Crippen molar-refractivity contribution in [2.24, 2.45) is 11.8 Å². The Balaban J connectivity index is 1.72. The zero-order valence-corrected chi connectivity index (χ0v) is 10.7. The van der Waals surface area contributed by atoms with Gasteiger partial charge in [0.2, 0.25) is 0 Å². The van der Waals surface area contributed by atoms with Gasteiger partial charge in [0.15, 0.2) is 9.76 Å². The molecule has 0 saturated heterocycles. The Hall–Kier alpha value is -0.343. The van der Waals surface area contributed by atoms with Crippen molar-refractivity contribution >= 4 is 9.76 Å². The highest BCUT2D eigenvalue weighted by Gasteiger charge is 2.32. The summed E-state index contributed by atoms with van der Waals surface area (Å²) >= 11 is 0. The molecule has 2 unspecified atom stereocenters. The van der Waals surface area contributed by atoms with Crippen LogP contribution < -0.4 is 0 Å². The average Bonchev–Trinajstić information content (AvgIpc) is 2.73. The monoisotopic (exact) mass is 208 g/mol. The number of hydrogen-bond acceptors (Lipinski definition) is 1. The van der Waals surface area contributed by atoms with E-state index in [0.29, 0.717) is 0 Å². The molecular formula is C12H20OSi. The van der Waals surface area contributed by atoms with Gasteiger partial charge in [-0.2, -0.15) is 0 Å². The first-order valence-electron chi connectivity index (χ1n) is 5.67. The molecule has 78 valence electrons. The highest BCUT2D eigenvalue weighted by atomic mass is 28.2. The standard InChI is InChI=1S/C12H20OSi/c1-9(2)8-14-13-7-12-6-10-3-4-11(12)5-10/h6,8,10-11H,3-5,7,14H2,1-2H3. The van der Waals surface area contributed by atoms with Crippen LogP contribution in [0.3, 0.4) is 0 Å². The van der Waals surface area contributed by atoms with Crippen LogP contribution >= 0.6 is 0 Å². The first kappa shape index (κ1) is 10.2. The predicted octanol–water partition coefficient (Wildman–Crippen LogP) is 2.37. The second kappa shape index (κ2) is 4.45. The lowest BCUT2D eigenvalue weighted by Gasteiger charge is -2.12. The molecule has 0 aromatic rings. The maximum absolute atomic E-state index is 5.78. The van der Waals surface area contributed by atoms with E-state index in [-0.39, 0.29) is 9.76 Å². The fourth-order valence-electron chi connectivity index (χ4n) is 2.51. The molecule has 0 spiro atoms.